The zero-order chi connectivity index (χ0) is 20.8. The third-order valence-electron chi connectivity index (χ3n) is 4.85. The lowest BCUT2D eigenvalue weighted by molar-refractivity contribution is 0.0839. The van der Waals surface area contributed by atoms with E-state index in [2.05, 4.69) is 13.8 Å². The van der Waals surface area contributed by atoms with E-state index in [1.165, 1.54) is 0 Å². The van der Waals surface area contributed by atoms with Crippen LogP contribution in [0.1, 0.15) is 54.8 Å². The molecule has 2 atom stereocenters. The summed E-state index contributed by atoms with van der Waals surface area (Å²) < 4.78 is 0. The SMILES string of the molecule is CC(C)=C[C@@H](C(=O)c1ccc(Cl)cc1)[C@H](CC(=O)c1ccc(Cl)cc1)C(C)C. The van der Waals surface area contributed by atoms with Gasteiger partial charge in [0, 0.05) is 33.5 Å². The number of allylic oxidation sites excluding steroid dienone is 2. The van der Waals surface area contributed by atoms with Crippen molar-refractivity contribution in [3.05, 3.63) is 81.4 Å². The molecule has 0 saturated heterocycles. The maximum Gasteiger partial charge on any atom is 0.170 e. The summed E-state index contributed by atoms with van der Waals surface area (Å²) in [5, 5.41) is 1.19. The van der Waals surface area contributed by atoms with Crippen molar-refractivity contribution in [2.45, 2.75) is 34.1 Å². The van der Waals surface area contributed by atoms with Crippen LogP contribution in [0, 0.1) is 17.8 Å². The van der Waals surface area contributed by atoms with Crippen LogP contribution in [0.25, 0.3) is 0 Å². The number of rotatable bonds is 8. The van der Waals surface area contributed by atoms with Crippen LogP contribution in [0.2, 0.25) is 10.0 Å². The summed E-state index contributed by atoms with van der Waals surface area (Å²) in [6.07, 6.45) is 2.28. The molecule has 0 aromatic heterocycles. The van der Waals surface area contributed by atoms with Gasteiger partial charge in [0.25, 0.3) is 0 Å². The van der Waals surface area contributed by atoms with Gasteiger partial charge in [-0.05, 0) is 74.2 Å². The van der Waals surface area contributed by atoms with Crippen LogP contribution in [0.4, 0.5) is 0 Å². The highest BCUT2D eigenvalue weighted by Gasteiger charge is 2.31. The van der Waals surface area contributed by atoms with Crippen molar-refractivity contribution in [1.82, 2.24) is 0 Å². The Bertz CT molecular complexity index is 845. The van der Waals surface area contributed by atoms with Crippen LogP contribution in [-0.4, -0.2) is 11.6 Å². The van der Waals surface area contributed by atoms with Crippen LogP contribution in [0.3, 0.4) is 0 Å². The third-order valence-corrected chi connectivity index (χ3v) is 5.35. The van der Waals surface area contributed by atoms with Gasteiger partial charge < -0.3 is 0 Å². The maximum absolute atomic E-state index is 13.3. The van der Waals surface area contributed by atoms with Gasteiger partial charge in [-0.1, -0.05) is 48.7 Å². The molecule has 148 valence electrons. The standard InChI is InChI=1S/C24H26Cl2O2/c1-15(2)13-22(24(28)18-7-11-20(26)12-8-18)21(16(3)4)14-23(27)17-5-9-19(25)10-6-17/h5-13,16,21-22H,14H2,1-4H3/t21-,22-/m1/s1. The highest BCUT2D eigenvalue weighted by molar-refractivity contribution is 6.31. The number of halogens is 2. The van der Waals surface area contributed by atoms with Gasteiger partial charge in [-0.2, -0.15) is 0 Å². The average Bonchev–Trinajstić information content (AvgIpc) is 2.64. The second-order valence-electron chi connectivity index (χ2n) is 7.68. The first-order chi connectivity index (χ1) is 13.2. The Balaban J connectivity index is 2.34. The Kier molecular flexibility index (Phi) is 8.03. The van der Waals surface area contributed by atoms with Crippen LogP contribution in [0.15, 0.2) is 60.2 Å². The van der Waals surface area contributed by atoms with E-state index in [-0.39, 0.29) is 29.3 Å². The van der Waals surface area contributed by atoms with Gasteiger partial charge in [0.05, 0.1) is 0 Å². The number of Topliss-reactive ketones (excluding diaryl/α,β-unsaturated/α-hetero) is 2. The van der Waals surface area contributed by atoms with Crippen molar-refractivity contribution in [2.75, 3.05) is 0 Å². The molecule has 0 N–H and O–H groups in total. The molecule has 0 heterocycles. The molecule has 0 bridgehead atoms. The van der Waals surface area contributed by atoms with E-state index in [4.69, 9.17) is 23.2 Å². The lowest BCUT2D eigenvalue weighted by atomic mass is 9.75. The Morgan fingerprint density at radius 2 is 1.32 bits per heavy atom. The fourth-order valence-corrected chi connectivity index (χ4v) is 3.56. The van der Waals surface area contributed by atoms with Crippen molar-refractivity contribution in [3.63, 3.8) is 0 Å². The Hall–Kier alpha value is -1.90. The van der Waals surface area contributed by atoms with E-state index in [0.717, 1.165) is 5.57 Å². The van der Waals surface area contributed by atoms with Crippen molar-refractivity contribution in [3.8, 4) is 0 Å². The molecule has 2 aromatic rings. The highest BCUT2D eigenvalue weighted by atomic mass is 35.5. The number of carbonyl (C=O) groups excluding carboxylic acids is 2. The molecule has 2 nitrogen and oxygen atoms in total. The summed E-state index contributed by atoms with van der Waals surface area (Å²) in [6, 6.07) is 13.8. The lowest BCUT2D eigenvalue weighted by Crippen LogP contribution is -2.29. The van der Waals surface area contributed by atoms with E-state index >= 15 is 0 Å². The minimum absolute atomic E-state index is 0.0143. The summed E-state index contributed by atoms with van der Waals surface area (Å²) in [5.41, 5.74) is 2.28. The van der Waals surface area contributed by atoms with Gasteiger partial charge in [-0.3, -0.25) is 9.59 Å². The molecule has 0 aliphatic rings. The molecule has 0 aliphatic heterocycles. The summed E-state index contributed by atoms with van der Waals surface area (Å²) in [5.74, 6) is -0.288. The van der Waals surface area contributed by atoms with Gasteiger partial charge in [0.2, 0.25) is 0 Å². The van der Waals surface area contributed by atoms with Crippen molar-refractivity contribution < 1.29 is 9.59 Å². The zero-order valence-corrected chi connectivity index (χ0v) is 18.2. The molecule has 0 unspecified atom stereocenters. The Morgan fingerprint density at radius 1 is 0.857 bits per heavy atom. The topological polar surface area (TPSA) is 34.1 Å². The molecule has 0 radical (unpaired) electrons. The molecule has 0 fully saturated rings. The first-order valence-corrected chi connectivity index (χ1v) is 10.2. The van der Waals surface area contributed by atoms with Crippen LogP contribution < -0.4 is 0 Å². The fraction of sp³-hybridized carbons (Fsp3) is 0.333. The van der Waals surface area contributed by atoms with Crippen LogP contribution in [-0.2, 0) is 0 Å². The Morgan fingerprint density at radius 3 is 1.75 bits per heavy atom. The number of benzene rings is 2. The average molecular weight is 417 g/mol. The third kappa shape index (κ3) is 6.05. The molecule has 0 saturated carbocycles. The molecular formula is C24H26Cl2O2. The second-order valence-corrected chi connectivity index (χ2v) is 8.56. The summed E-state index contributed by atoms with van der Waals surface area (Å²) in [4.78, 5) is 26.2. The summed E-state index contributed by atoms with van der Waals surface area (Å²) >= 11 is 11.9. The van der Waals surface area contributed by atoms with E-state index in [1.54, 1.807) is 48.5 Å². The van der Waals surface area contributed by atoms with Gasteiger partial charge in [-0.15, -0.1) is 0 Å². The number of hydrogen-bond donors (Lipinski definition) is 0. The molecular weight excluding hydrogens is 391 g/mol. The molecule has 0 aliphatic carbocycles. The lowest BCUT2D eigenvalue weighted by Gasteiger charge is -2.27. The molecule has 2 rings (SSSR count). The minimum Gasteiger partial charge on any atom is -0.294 e. The van der Waals surface area contributed by atoms with Crippen molar-refractivity contribution in [2.24, 2.45) is 17.8 Å². The van der Waals surface area contributed by atoms with Gasteiger partial charge >= 0.3 is 0 Å². The first kappa shape index (κ1) is 22.4. The quantitative estimate of drug-likeness (QED) is 0.333. The summed E-state index contributed by atoms with van der Waals surface area (Å²) in [6.45, 7) is 8.06. The van der Waals surface area contributed by atoms with Gasteiger partial charge in [0.1, 0.15) is 0 Å². The van der Waals surface area contributed by atoms with E-state index in [9.17, 15) is 9.59 Å². The summed E-state index contributed by atoms with van der Waals surface area (Å²) in [7, 11) is 0. The maximum atomic E-state index is 13.3. The number of ketones is 2. The smallest absolute Gasteiger partial charge is 0.170 e. The van der Waals surface area contributed by atoms with Crippen molar-refractivity contribution >= 4 is 34.8 Å². The first-order valence-electron chi connectivity index (χ1n) is 9.42. The molecule has 0 spiro atoms. The van der Waals surface area contributed by atoms with Crippen LogP contribution >= 0.6 is 23.2 Å². The minimum atomic E-state index is -0.373. The molecule has 2 aromatic carbocycles. The van der Waals surface area contributed by atoms with Gasteiger partial charge in [-0.25, -0.2) is 0 Å². The van der Waals surface area contributed by atoms with E-state index in [0.29, 0.717) is 27.6 Å². The Labute approximate surface area is 177 Å². The predicted octanol–water partition coefficient (Wildman–Crippen LogP) is 7.30. The highest BCUT2D eigenvalue weighted by Crippen LogP contribution is 2.31. The monoisotopic (exact) mass is 416 g/mol. The number of hydrogen-bond acceptors (Lipinski definition) is 2. The van der Waals surface area contributed by atoms with E-state index in [1.807, 2.05) is 19.9 Å². The largest absolute Gasteiger partial charge is 0.294 e. The van der Waals surface area contributed by atoms with E-state index < -0.39 is 0 Å². The van der Waals surface area contributed by atoms with Crippen LogP contribution in [0.5, 0.6) is 0 Å². The molecule has 0 amide bonds. The van der Waals surface area contributed by atoms with Gasteiger partial charge in [0.15, 0.2) is 11.6 Å². The molecule has 28 heavy (non-hydrogen) atoms. The second kappa shape index (κ2) is 10.0. The zero-order valence-electron chi connectivity index (χ0n) is 16.7. The van der Waals surface area contributed by atoms with Crippen molar-refractivity contribution in [1.29, 1.82) is 0 Å². The normalized spacial score (nSPS) is 13.1. The number of carbonyl (C=O) groups is 2. The fourth-order valence-electron chi connectivity index (χ4n) is 3.30. The predicted molar refractivity (Wildman–Crippen MR) is 117 cm³/mol. The molecule has 4 heteroatoms.